The van der Waals surface area contributed by atoms with E-state index in [1.165, 1.54) is 19.2 Å². The summed E-state index contributed by atoms with van der Waals surface area (Å²) in [5.41, 5.74) is 0.351. The standard InChI is InChI=1S/C18H16N2O8/c1-25-14-5-3-12(20(23)24)7-13(14)18(22)26-9-17(21)19-8-11-2-4-15-16(6-11)28-10-27-15/h2-7H,8-10H2,1H3,(H,19,21). The van der Waals surface area contributed by atoms with Crippen molar-refractivity contribution in [3.05, 3.63) is 57.6 Å². The molecule has 0 aliphatic carbocycles. The van der Waals surface area contributed by atoms with Gasteiger partial charge in [-0.2, -0.15) is 0 Å². The molecule has 0 spiro atoms. The molecule has 2 aromatic carbocycles. The number of ether oxygens (including phenoxy) is 4. The molecule has 0 radical (unpaired) electrons. The Balaban J connectivity index is 1.55. The molecule has 2 aromatic rings. The highest BCUT2D eigenvalue weighted by molar-refractivity contribution is 5.94. The number of carbonyl (C=O) groups is 2. The summed E-state index contributed by atoms with van der Waals surface area (Å²) in [5.74, 6) is -0.101. The zero-order chi connectivity index (χ0) is 20.1. The Morgan fingerprint density at radius 3 is 2.71 bits per heavy atom. The first-order valence-electron chi connectivity index (χ1n) is 8.12. The van der Waals surface area contributed by atoms with Crippen LogP contribution in [-0.2, 0) is 16.1 Å². The molecule has 1 aliphatic rings. The van der Waals surface area contributed by atoms with E-state index in [-0.39, 0.29) is 30.3 Å². The average molecular weight is 388 g/mol. The Kier molecular flexibility index (Phi) is 5.58. The number of hydrogen-bond donors (Lipinski definition) is 1. The van der Waals surface area contributed by atoms with Crippen LogP contribution in [0.25, 0.3) is 0 Å². The molecular weight excluding hydrogens is 372 g/mol. The summed E-state index contributed by atoms with van der Waals surface area (Å²) < 4.78 is 20.4. The average Bonchev–Trinajstić information content (AvgIpc) is 3.17. The Bertz CT molecular complexity index is 928. The number of nitrogens with zero attached hydrogens (tertiary/aromatic N) is 1. The Morgan fingerprint density at radius 2 is 1.96 bits per heavy atom. The number of esters is 1. The van der Waals surface area contributed by atoms with Crippen molar-refractivity contribution in [1.29, 1.82) is 0 Å². The minimum Gasteiger partial charge on any atom is -0.496 e. The monoisotopic (exact) mass is 388 g/mol. The van der Waals surface area contributed by atoms with Crippen molar-refractivity contribution in [2.45, 2.75) is 6.54 Å². The zero-order valence-electron chi connectivity index (χ0n) is 14.8. The van der Waals surface area contributed by atoms with Gasteiger partial charge >= 0.3 is 5.97 Å². The number of non-ortho nitro benzene ring substituents is 1. The molecule has 0 unspecified atom stereocenters. The number of nitrogens with one attached hydrogen (secondary N) is 1. The van der Waals surface area contributed by atoms with E-state index in [2.05, 4.69) is 5.32 Å². The van der Waals surface area contributed by atoms with Gasteiger partial charge in [-0.15, -0.1) is 0 Å². The maximum absolute atomic E-state index is 12.2. The molecule has 3 rings (SSSR count). The van der Waals surface area contributed by atoms with E-state index in [4.69, 9.17) is 18.9 Å². The van der Waals surface area contributed by atoms with Gasteiger partial charge in [0.15, 0.2) is 18.1 Å². The van der Waals surface area contributed by atoms with Crippen LogP contribution in [-0.4, -0.2) is 37.3 Å². The normalized spacial score (nSPS) is 11.6. The molecule has 1 aliphatic heterocycles. The van der Waals surface area contributed by atoms with Crippen LogP contribution in [0.4, 0.5) is 5.69 Å². The molecule has 0 atom stereocenters. The third-order valence-corrected chi connectivity index (χ3v) is 3.87. The van der Waals surface area contributed by atoms with Gasteiger partial charge in [-0.1, -0.05) is 6.07 Å². The molecule has 146 valence electrons. The molecule has 10 heteroatoms. The van der Waals surface area contributed by atoms with Crippen LogP contribution in [0.15, 0.2) is 36.4 Å². The smallest absolute Gasteiger partial charge is 0.342 e. The second-order valence-corrected chi connectivity index (χ2v) is 5.68. The summed E-state index contributed by atoms with van der Waals surface area (Å²) in [6, 6.07) is 8.77. The predicted molar refractivity (Wildman–Crippen MR) is 94.3 cm³/mol. The van der Waals surface area contributed by atoms with Crippen molar-refractivity contribution in [2.75, 3.05) is 20.5 Å². The molecule has 28 heavy (non-hydrogen) atoms. The van der Waals surface area contributed by atoms with Crippen molar-refractivity contribution >= 4 is 17.6 Å². The molecular formula is C18H16N2O8. The maximum Gasteiger partial charge on any atom is 0.342 e. The van der Waals surface area contributed by atoms with Gasteiger partial charge in [-0.3, -0.25) is 14.9 Å². The number of rotatable bonds is 7. The van der Waals surface area contributed by atoms with E-state index in [1.54, 1.807) is 18.2 Å². The highest BCUT2D eigenvalue weighted by Gasteiger charge is 2.20. The minimum absolute atomic E-state index is 0.108. The number of fused-ring (bicyclic) bond motifs is 1. The quantitative estimate of drug-likeness (QED) is 0.432. The SMILES string of the molecule is COc1ccc([N+](=O)[O-])cc1C(=O)OCC(=O)NCc1ccc2c(c1)OCO2. The van der Waals surface area contributed by atoms with Crippen LogP contribution in [0, 0.1) is 10.1 Å². The van der Waals surface area contributed by atoms with Gasteiger partial charge in [0.05, 0.1) is 12.0 Å². The highest BCUT2D eigenvalue weighted by Crippen LogP contribution is 2.32. The Labute approximate surface area is 159 Å². The van der Waals surface area contributed by atoms with Crippen molar-refractivity contribution in [3.8, 4) is 17.2 Å². The van der Waals surface area contributed by atoms with Gasteiger partial charge in [0.1, 0.15) is 11.3 Å². The first-order chi connectivity index (χ1) is 13.5. The molecule has 0 saturated carbocycles. The lowest BCUT2D eigenvalue weighted by Crippen LogP contribution is -2.28. The van der Waals surface area contributed by atoms with Gasteiger partial charge in [0.2, 0.25) is 6.79 Å². The number of nitro groups is 1. The predicted octanol–water partition coefficient (Wildman–Crippen LogP) is 1.81. The molecule has 1 amide bonds. The minimum atomic E-state index is -0.904. The van der Waals surface area contributed by atoms with Crippen molar-refractivity contribution in [3.63, 3.8) is 0 Å². The number of nitro benzene ring substituents is 1. The summed E-state index contributed by atoms with van der Waals surface area (Å²) in [6.45, 7) is -0.190. The fourth-order valence-corrected chi connectivity index (χ4v) is 2.48. The third kappa shape index (κ3) is 4.29. The van der Waals surface area contributed by atoms with Crippen LogP contribution in [0.2, 0.25) is 0 Å². The fraction of sp³-hybridized carbons (Fsp3) is 0.222. The van der Waals surface area contributed by atoms with E-state index < -0.39 is 23.4 Å². The largest absolute Gasteiger partial charge is 0.496 e. The first kappa shape index (κ1) is 19.0. The van der Waals surface area contributed by atoms with Crippen LogP contribution < -0.4 is 19.5 Å². The molecule has 0 saturated heterocycles. The lowest BCUT2D eigenvalue weighted by Gasteiger charge is -2.09. The first-order valence-corrected chi connectivity index (χ1v) is 8.12. The third-order valence-electron chi connectivity index (χ3n) is 3.87. The topological polar surface area (TPSA) is 126 Å². The van der Waals surface area contributed by atoms with Crippen molar-refractivity contribution in [1.82, 2.24) is 5.32 Å². The summed E-state index contributed by atoms with van der Waals surface area (Å²) in [4.78, 5) is 34.3. The van der Waals surface area contributed by atoms with Crippen LogP contribution in [0.5, 0.6) is 17.2 Å². The number of methoxy groups -OCH3 is 1. The van der Waals surface area contributed by atoms with Gasteiger partial charge in [-0.05, 0) is 23.8 Å². The second-order valence-electron chi connectivity index (χ2n) is 5.68. The van der Waals surface area contributed by atoms with Crippen LogP contribution in [0.3, 0.4) is 0 Å². The zero-order valence-corrected chi connectivity index (χ0v) is 14.8. The van der Waals surface area contributed by atoms with E-state index in [0.717, 1.165) is 11.6 Å². The molecule has 1 N–H and O–H groups in total. The highest BCUT2D eigenvalue weighted by atomic mass is 16.7. The maximum atomic E-state index is 12.2. The summed E-state index contributed by atoms with van der Waals surface area (Å²) in [6.07, 6.45) is 0. The van der Waals surface area contributed by atoms with E-state index in [9.17, 15) is 19.7 Å². The Hall–Kier alpha value is -3.82. The summed E-state index contributed by atoms with van der Waals surface area (Å²) in [7, 11) is 1.32. The molecule has 10 nitrogen and oxygen atoms in total. The Morgan fingerprint density at radius 1 is 1.18 bits per heavy atom. The number of hydrogen-bond acceptors (Lipinski definition) is 8. The van der Waals surface area contributed by atoms with Crippen LogP contribution in [0.1, 0.15) is 15.9 Å². The van der Waals surface area contributed by atoms with Gasteiger partial charge in [0, 0.05) is 18.7 Å². The van der Waals surface area contributed by atoms with Gasteiger partial charge in [-0.25, -0.2) is 4.79 Å². The summed E-state index contributed by atoms with van der Waals surface area (Å²) in [5, 5.41) is 13.5. The van der Waals surface area contributed by atoms with Gasteiger partial charge in [0.25, 0.3) is 11.6 Å². The van der Waals surface area contributed by atoms with Crippen molar-refractivity contribution in [2.24, 2.45) is 0 Å². The van der Waals surface area contributed by atoms with E-state index in [1.807, 2.05) is 0 Å². The number of amides is 1. The molecule has 0 aromatic heterocycles. The van der Waals surface area contributed by atoms with Crippen LogP contribution >= 0.6 is 0 Å². The number of carbonyl (C=O) groups excluding carboxylic acids is 2. The molecule has 1 heterocycles. The molecule has 0 bridgehead atoms. The van der Waals surface area contributed by atoms with E-state index >= 15 is 0 Å². The fourth-order valence-electron chi connectivity index (χ4n) is 2.48. The lowest BCUT2D eigenvalue weighted by atomic mass is 10.2. The van der Waals surface area contributed by atoms with Gasteiger partial charge < -0.3 is 24.3 Å². The summed E-state index contributed by atoms with van der Waals surface area (Å²) >= 11 is 0. The second kappa shape index (κ2) is 8.25. The lowest BCUT2D eigenvalue weighted by molar-refractivity contribution is -0.384. The molecule has 0 fully saturated rings. The van der Waals surface area contributed by atoms with Crippen molar-refractivity contribution < 1.29 is 33.5 Å². The number of benzene rings is 2. The van der Waals surface area contributed by atoms with E-state index in [0.29, 0.717) is 11.5 Å².